The average Bonchev–Trinajstić information content (AvgIpc) is 3.11. The van der Waals surface area contributed by atoms with Crippen molar-refractivity contribution in [2.24, 2.45) is 0 Å². The van der Waals surface area contributed by atoms with Crippen LogP contribution in [0.25, 0.3) is 0 Å². The van der Waals surface area contributed by atoms with Crippen molar-refractivity contribution in [3.63, 3.8) is 0 Å². The molecule has 0 N–H and O–H groups in total. The first-order valence-corrected chi connectivity index (χ1v) is 11.9. The summed E-state index contributed by atoms with van der Waals surface area (Å²) in [5.41, 5.74) is 2.99. The molecule has 0 bridgehead atoms. The zero-order chi connectivity index (χ0) is 25.1. The van der Waals surface area contributed by atoms with Crippen LogP contribution in [0.1, 0.15) is 50.4 Å². The molecule has 2 amide bonds. The lowest BCUT2D eigenvalue weighted by Crippen LogP contribution is -2.34. The number of ether oxygens (including phenoxy) is 2. The molecule has 0 spiro atoms. The Morgan fingerprint density at radius 1 is 1.03 bits per heavy atom. The summed E-state index contributed by atoms with van der Waals surface area (Å²) in [5, 5.41) is 0. The summed E-state index contributed by atoms with van der Waals surface area (Å²) in [6.45, 7) is 6.08. The van der Waals surface area contributed by atoms with E-state index in [0.29, 0.717) is 50.3 Å². The van der Waals surface area contributed by atoms with Crippen LogP contribution in [0, 0.1) is 13.8 Å². The molecule has 9 heteroatoms. The number of nitrogens with zero attached hydrogens (tertiary/aromatic N) is 3. The van der Waals surface area contributed by atoms with E-state index in [1.54, 1.807) is 9.80 Å². The van der Waals surface area contributed by atoms with Gasteiger partial charge < -0.3 is 23.8 Å². The van der Waals surface area contributed by atoms with Crippen molar-refractivity contribution in [1.29, 1.82) is 0 Å². The zero-order valence-electron chi connectivity index (χ0n) is 20.5. The number of rotatable bonds is 6. The molecule has 1 fully saturated rings. The van der Waals surface area contributed by atoms with Crippen LogP contribution in [0.2, 0.25) is 0 Å². The van der Waals surface area contributed by atoms with Crippen molar-refractivity contribution in [1.82, 2.24) is 14.4 Å². The van der Waals surface area contributed by atoms with Crippen LogP contribution in [0.4, 0.5) is 0 Å². The van der Waals surface area contributed by atoms with E-state index >= 15 is 0 Å². The Morgan fingerprint density at radius 3 is 2.54 bits per heavy atom. The summed E-state index contributed by atoms with van der Waals surface area (Å²) in [6, 6.07) is 6.94. The number of aryl methyl sites for hydroxylation is 1. The fourth-order valence-electron chi connectivity index (χ4n) is 4.75. The Morgan fingerprint density at radius 2 is 1.83 bits per heavy atom. The summed E-state index contributed by atoms with van der Waals surface area (Å²) in [5.74, 6) is -0.472. The molecule has 1 saturated heterocycles. The Labute approximate surface area is 204 Å². The molecule has 0 radical (unpaired) electrons. The van der Waals surface area contributed by atoms with Crippen LogP contribution in [-0.2, 0) is 22.5 Å². The van der Waals surface area contributed by atoms with Crippen molar-refractivity contribution in [3.05, 3.63) is 62.6 Å². The number of aromatic nitrogens is 1. The smallest absolute Gasteiger partial charge is 0.343 e. The fraction of sp³-hybridized carbons (Fsp3) is 0.462. The number of pyridine rings is 1. The Bertz CT molecular complexity index is 1220. The van der Waals surface area contributed by atoms with E-state index in [-0.39, 0.29) is 41.8 Å². The molecule has 3 heterocycles. The minimum atomic E-state index is -0.602. The molecule has 0 saturated carbocycles. The zero-order valence-corrected chi connectivity index (χ0v) is 20.5. The van der Waals surface area contributed by atoms with Gasteiger partial charge in [0.15, 0.2) is 0 Å². The maximum absolute atomic E-state index is 13.3. The molecule has 1 aromatic carbocycles. The second-order valence-corrected chi connectivity index (χ2v) is 8.93. The van der Waals surface area contributed by atoms with Crippen molar-refractivity contribution in [2.45, 2.75) is 39.7 Å². The predicted octanol–water partition coefficient (Wildman–Crippen LogP) is 1.95. The molecule has 2 aliphatic rings. The minimum Gasteiger partial charge on any atom is -0.491 e. The van der Waals surface area contributed by atoms with Crippen molar-refractivity contribution in [3.8, 4) is 5.75 Å². The molecule has 0 aliphatic carbocycles. The van der Waals surface area contributed by atoms with Gasteiger partial charge in [0.25, 0.3) is 11.5 Å². The maximum atomic E-state index is 13.3. The van der Waals surface area contributed by atoms with Crippen molar-refractivity contribution < 1.29 is 23.9 Å². The van der Waals surface area contributed by atoms with Crippen LogP contribution in [-0.4, -0.2) is 72.0 Å². The van der Waals surface area contributed by atoms with Crippen LogP contribution in [0.3, 0.4) is 0 Å². The van der Waals surface area contributed by atoms with Gasteiger partial charge in [-0.2, -0.15) is 0 Å². The van der Waals surface area contributed by atoms with Gasteiger partial charge in [0.1, 0.15) is 17.9 Å². The number of carbonyl (C=O) groups excluding carboxylic acids is 3. The molecule has 2 aromatic rings. The van der Waals surface area contributed by atoms with Gasteiger partial charge in [-0.3, -0.25) is 14.4 Å². The quantitative estimate of drug-likeness (QED) is 0.585. The van der Waals surface area contributed by atoms with Crippen molar-refractivity contribution >= 4 is 17.8 Å². The van der Waals surface area contributed by atoms with Gasteiger partial charge >= 0.3 is 5.97 Å². The number of hydrogen-bond acceptors (Lipinski definition) is 6. The van der Waals surface area contributed by atoms with Gasteiger partial charge in [0.2, 0.25) is 5.91 Å². The first-order chi connectivity index (χ1) is 16.8. The summed E-state index contributed by atoms with van der Waals surface area (Å²) >= 11 is 0. The van der Waals surface area contributed by atoms with Gasteiger partial charge in [-0.15, -0.1) is 0 Å². The van der Waals surface area contributed by atoms with Gasteiger partial charge in [-0.25, -0.2) is 4.79 Å². The van der Waals surface area contributed by atoms with Crippen LogP contribution < -0.4 is 10.3 Å². The Balaban J connectivity index is 1.59. The molecule has 1 aromatic heterocycles. The SMILES string of the molecule is COC(=O)c1c(OCCN2CCCC2=O)cc(=O)n2c1CCN(C(=O)c1cccc(C)c1C)CC2. The van der Waals surface area contributed by atoms with E-state index in [4.69, 9.17) is 9.47 Å². The normalized spacial score (nSPS) is 15.6. The second kappa shape index (κ2) is 10.3. The maximum Gasteiger partial charge on any atom is 0.343 e. The number of benzene rings is 1. The third-order valence-electron chi connectivity index (χ3n) is 6.90. The number of fused-ring (bicyclic) bond motifs is 1. The highest BCUT2D eigenvalue weighted by Crippen LogP contribution is 2.25. The lowest BCUT2D eigenvalue weighted by molar-refractivity contribution is -0.128. The van der Waals surface area contributed by atoms with E-state index in [1.165, 1.54) is 17.7 Å². The van der Waals surface area contributed by atoms with Crippen LogP contribution in [0.5, 0.6) is 5.75 Å². The van der Waals surface area contributed by atoms with E-state index in [2.05, 4.69) is 0 Å². The Kier molecular flexibility index (Phi) is 7.23. The van der Waals surface area contributed by atoms with Gasteiger partial charge in [0, 0.05) is 56.3 Å². The van der Waals surface area contributed by atoms with Gasteiger partial charge in [0.05, 0.1) is 13.7 Å². The highest BCUT2D eigenvalue weighted by molar-refractivity contribution is 5.96. The lowest BCUT2D eigenvalue weighted by Gasteiger charge is -2.21. The average molecular weight is 482 g/mol. The van der Waals surface area contributed by atoms with E-state index in [1.807, 2.05) is 32.0 Å². The molecule has 35 heavy (non-hydrogen) atoms. The number of amides is 2. The first-order valence-electron chi connectivity index (χ1n) is 11.9. The fourth-order valence-corrected chi connectivity index (χ4v) is 4.75. The van der Waals surface area contributed by atoms with Gasteiger partial charge in [-0.1, -0.05) is 12.1 Å². The topological polar surface area (TPSA) is 98.2 Å². The number of likely N-dealkylation sites (tertiary alicyclic amines) is 1. The van der Waals surface area contributed by atoms with E-state index < -0.39 is 5.97 Å². The molecular weight excluding hydrogens is 450 g/mol. The third-order valence-corrected chi connectivity index (χ3v) is 6.90. The number of esters is 1. The standard InChI is InChI=1S/C26H31N3O6/c1-17-6-4-7-19(18(17)2)25(32)28-11-9-20-24(26(33)34-3)21(16-23(31)29(20)13-12-28)35-15-14-27-10-5-8-22(27)30/h4,6-7,16H,5,8-15H2,1-3H3. The monoisotopic (exact) mass is 481 g/mol. The molecule has 4 rings (SSSR count). The largest absolute Gasteiger partial charge is 0.491 e. The number of hydrogen-bond donors (Lipinski definition) is 0. The summed E-state index contributed by atoms with van der Waals surface area (Å²) in [4.78, 5) is 54.3. The lowest BCUT2D eigenvalue weighted by atomic mass is 10.0. The number of carbonyl (C=O) groups is 3. The van der Waals surface area contributed by atoms with E-state index in [9.17, 15) is 19.2 Å². The second-order valence-electron chi connectivity index (χ2n) is 8.93. The minimum absolute atomic E-state index is 0.0809. The summed E-state index contributed by atoms with van der Waals surface area (Å²) < 4.78 is 12.4. The van der Waals surface area contributed by atoms with Crippen molar-refractivity contribution in [2.75, 3.05) is 39.9 Å². The molecule has 0 unspecified atom stereocenters. The molecule has 9 nitrogen and oxygen atoms in total. The number of methoxy groups -OCH3 is 1. The molecule has 0 atom stereocenters. The molecule has 2 aliphatic heterocycles. The third kappa shape index (κ3) is 4.94. The highest BCUT2D eigenvalue weighted by atomic mass is 16.5. The van der Waals surface area contributed by atoms with Crippen LogP contribution in [0.15, 0.2) is 29.1 Å². The molecule has 186 valence electrons. The summed E-state index contributed by atoms with van der Waals surface area (Å²) in [6.07, 6.45) is 1.66. The highest BCUT2D eigenvalue weighted by Gasteiger charge is 2.28. The molecular formula is C26H31N3O6. The Hall–Kier alpha value is -3.62. The van der Waals surface area contributed by atoms with E-state index in [0.717, 1.165) is 17.5 Å². The summed E-state index contributed by atoms with van der Waals surface area (Å²) in [7, 11) is 1.28. The predicted molar refractivity (Wildman–Crippen MR) is 129 cm³/mol. The van der Waals surface area contributed by atoms with Gasteiger partial charge in [-0.05, 0) is 37.5 Å². The van der Waals surface area contributed by atoms with Crippen LogP contribution >= 0.6 is 0 Å². The first kappa shape index (κ1) is 24.5.